The van der Waals surface area contributed by atoms with Crippen molar-refractivity contribution < 1.29 is 13.2 Å². The summed E-state index contributed by atoms with van der Waals surface area (Å²) in [6.07, 6.45) is 0.855. The van der Waals surface area contributed by atoms with E-state index in [2.05, 4.69) is 5.32 Å². The molecule has 1 atom stereocenters. The zero-order valence-electron chi connectivity index (χ0n) is 12.4. The van der Waals surface area contributed by atoms with Crippen molar-refractivity contribution in [2.24, 2.45) is 0 Å². The second-order valence-corrected chi connectivity index (χ2v) is 8.51. The average Bonchev–Trinajstić information content (AvgIpc) is 2.90. The van der Waals surface area contributed by atoms with Gasteiger partial charge in [0.2, 0.25) is 0 Å². The highest BCUT2D eigenvalue weighted by Gasteiger charge is 2.30. The van der Waals surface area contributed by atoms with E-state index in [1.165, 1.54) is 11.3 Å². The third-order valence-electron chi connectivity index (χ3n) is 3.83. The summed E-state index contributed by atoms with van der Waals surface area (Å²) in [5.41, 5.74) is 1.43. The highest BCUT2D eigenvalue weighted by Crippen LogP contribution is 2.42. The Morgan fingerprint density at radius 2 is 2.09 bits per heavy atom. The summed E-state index contributed by atoms with van der Waals surface area (Å²) in [5, 5.41) is 2.92. The molecule has 1 amide bonds. The SMILES string of the molecule is CCC(C)NC(=O)c1cc2c(s1)-c1ccccc1S(=O)(=O)C2. The Bertz CT molecular complexity index is 837. The monoisotopic (exact) mass is 335 g/mol. The van der Waals surface area contributed by atoms with Crippen LogP contribution in [0.4, 0.5) is 0 Å². The van der Waals surface area contributed by atoms with Crippen molar-refractivity contribution in [2.45, 2.75) is 37.0 Å². The predicted octanol–water partition coefficient (Wildman–Crippen LogP) is 3.23. The van der Waals surface area contributed by atoms with E-state index in [0.717, 1.165) is 16.9 Å². The van der Waals surface area contributed by atoms with Gasteiger partial charge in [0.1, 0.15) is 0 Å². The van der Waals surface area contributed by atoms with E-state index in [4.69, 9.17) is 0 Å². The molecule has 1 aromatic carbocycles. The molecular formula is C16H17NO3S2. The van der Waals surface area contributed by atoms with Crippen molar-refractivity contribution in [3.8, 4) is 10.4 Å². The van der Waals surface area contributed by atoms with Crippen LogP contribution in [0.1, 0.15) is 35.5 Å². The first kappa shape index (κ1) is 15.2. The smallest absolute Gasteiger partial charge is 0.261 e. The van der Waals surface area contributed by atoms with E-state index in [1.807, 2.05) is 19.9 Å². The molecule has 1 aliphatic rings. The summed E-state index contributed by atoms with van der Waals surface area (Å²) < 4.78 is 24.7. The molecule has 0 fully saturated rings. The van der Waals surface area contributed by atoms with Crippen molar-refractivity contribution in [3.63, 3.8) is 0 Å². The Balaban J connectivity index is 2.04. The standard InChI is InChI=1S/C16H17NO3S2/c1-3-10(2)17-16(18)13-8-11-9-22(19,20)14-7-5-4-6-12(14)15(11)21-13/h4-8,10H,3,9H2,1-2H3,(H,17,18). The zero-order chi connectivity index (χ0) is 15.9. The third-order valence-corrected chi connectivity index (χ3v) is 6.76. The van der Waals surface area contributed by atoms with Crippen molar-refractivity contribution >= 4 is 27.1 Å². The number of thiophene rings is 1. The quantitative estimate of drug-likeness (QED) is 0.936. The molecule has 0 saturated carbocycles. The molecule has 0 saturated heterocycles. The summed E-state index contributed by atoms with van der Waals surface area (Å²) >= 11 is 1.36. The van der Waals surface area contributed by atoms with Gasteiger partial charge < -0.3 is 5.32 Å². The lowest BCUT2D eigenvalue weighted by Gasteiger charge is -2.15. The second kappa shape index (κ2) is 5.52. The minimum Gasteiger partial charge on any atom is -0.349 e. The Hall–Kier alpha value is -1.66. The highest BCUT2D eigenvalue weighted by atomic mass is 32.2. The number of amides is 1. The van der Waals surface area contributed by atoms with Gasteiger partial charge in [-0.25, -0.2) is 8.42 Å². The van der Waals surface area contributed by atoms with Crippen molar-refractivity contribution in [2.75, 3.05) is 0 Å². The van der Waals surface area contributed by atoms with Gasteiger partial charge >= 0.3 is 0 Å². The number of hydrogen-bond acceptors (Lipinski definition) is 4. The minimum absolute atomic E-state index is 0.0353. The largest absolute Gasteiger partial charge is 0.349 e. The molecular weight excluding hydrogens is 318 g/mol. The van der Waals surface area contributed by atoms with Crippen LogP contribution in [0.5, 0.6) is 0 Å². The van der Waals surface area contributed by atoms with Crippen LogP contribution < -0.4 is 5.32 Å². The molecule has 1 unspecified atom stereocenters. The van der Waals surface area contributed by atoms with Gasteiger partial charge in [0.15, 0.2) is 9.84 Å². The van der Waals surface area contributed by atoms with Crippen LogP contribution in [0.15, 0.2) is 35.2 Å². The molecule has 0 radical (unpaired) electrons. The summed E-state index contributed by atoms with van der Waals surface area (Å²) in [6, 6.07) is 8.80. The van der Waals surface area contributed by atoms with E-state index >= 15 is 0 Å². The van der Waals surface area contributed by atoms with Crippen molar-refractivity contribution in [3.05, 3.63) is 40.8 Å². The molecule has 116 valence electrons. The van der Waals surface area contributed by atoms with Crippen molar-refractivity contribution in [1.29, 1.82) is 0 Å². The van der Waals surface area contributed by atoms with Crippen LogP contribution in [-0.2, 0) is 15.6 Å². The molecule has 0 aliphatic carbocycles. The Morgan fingerprint density at radius 3 is 2.82 bits per heavy atom. The predicted molar refractivity (Wildman–Crippen MR) is 87.9 cm³/mol. The highest BCUT2D eigenvalue weighted by molar-refractivity contribution is 7.91. The van der Waals surface area contributed by atoms with Crippen molar-refractivity contribution in [1.82, 2.24) is 5.32 Å². The van der Waals surface area contributed by atoms with Gasteiger partial charge in [0.05, 0.1) is 15.5 Å². The third kappa shape index (κ3) is 2.57. The molecule has 4 nitrogen and oxygen atoms in total. The molecule has 6 heteroatoms. The number of nitrogens with one attached hydrogen (secondary N) is 1. The lowest BCUT2D eigenvalue weighted by atomic mass is 10.1. The van der Waals surface area contributed by atoms with Crippen LogP contribution >= 0.6 is 11.3 Å². The van der Waals surface area contributed by atoms with E-state index in [9.17, 15) is 13.2 Å². The number of carbonyl (C=O) groups excluding carboxylic acids is 1. The number of fused-ring (bicyclic) bond motifs is 3. The summed E-state index contributed by atoms with van der Waals surface area (Å²) in [6.45, 7) is 3.96. The Kier molecular flexibility index (Phi) is 3.82. The molecule has 2 aromatic rings. The van der Waals surface area contributed by atoms with Gasteiger partial charge in [-0.2, -0.15) is 0 Å². The lowest BCUT2D eigenvalue weighted by Crippen LogP contribution is -2.31. The fourth-order valence-corrected chi connectivity index (χ4v) is 5.34. The zero-order valence-corrected chi connectivity index (χ0v) is 14.1. The van der Waals surface area contributed by atoms with Crippen LogP contribution in [0.2, 0.25) is 0 Å². The van der Waals surface area contributed by atoms with E-state index < -0.39 is 9.84 Å². The average molecular weight is 335 g/mol. The Morgan fingerprint density at radius 1 is 1.36 bits per heavy atom. The molecule has 1 aromatic heterocycles. The first-order valence-corrected chi connectivity index (χ1v) is 9.65. The van der Waals surface area contributed by atoms with Gasteiger partial charge in [-0.3, -0.25) is 4.79 Å². The molecule has 3 rings (SSSR count). The number of hydrogen-bond donors (Lipinski definition) is 1. The summed E-state index contributed by atoms with van der Waals surface area (Å²) in [7, 11) is -3.32. The molecule has 0 spiro atoms. The van der Waals surface area contributed by atoms with Gasteiger partial charge in [-0.15, -0.1) is 11.3 Å². The first-order valence-electron chi connectivity index (χ1n) is 7.18. The maximum absolute atomic E-state index is 12.3. The van der Waals surface area contributed by atoms with Gasteiger partial charge in [-0.1, -0.05) is 25.1 Å². The molecule has 0 bridgehead atoms. The fraction of sp³-hybridized carbons (Fsp3) is 0.312. The van der Waals surface area contributed by atoms with Gasteiger partial charge in [0, 0.05) is 16.5 Å². The first-order chi connectivity index (χ1) is 10.4. The number of benzene rings is 1. The second-order valence-electron chi connectivity index (χ2n) is 5.50. The van der Waals surface area contributed by atoms with Crippen LogP contribution in [0.25, 0.3) is 10.4 Å². The van der Waals surface area contributed by atoms with E-state index in [1.54, 1.807) is 24.3 Å². The lowest BCUT2D eigenvalue weighted by molar-refractivity contribution is 0.0943. The minimum atomic E-state index is -3.32. The number of sulfone groups is 1. The summed E-state index contributed by atoms with van der Waals surface area (Å²) in [5.74, 6) is -0.171. The molecule has 1 aliphatic heterocycles. The van der Waals surface area contributed by atoms with E-state index in [-0.39, 0.29) is 17.7 Å². The summed E-state index contributed by atoms with van der Waals surface area (Å²) in [4.78, 5) is 14.1. The molecule has 22 heavy (non-hydrogen) atoms. The normalized spacial score (nSPS) is 16.5. The number of rotatable bonds is 3. The number of carbonyl (C=O) groups is 1. The molecule has 2 heterocycles. The van der Waals surface area contributed by atoms with Crippen LogP contribution in [-0.4, -0.2) is 20.4 Å². The maximum Gasteiger partial charge on any atom is 0.261 e. The maximum atomic E-state index is 12.3. The van der Waals surface area contributed by atoms with Gasteiger partial charge in [0.25, 0.3) is 5.91 Å². The van der Waals surface area contributed by atoms with Gasteiger partial charge in [-0.05, 0) is 31.0 Å². The fourth-order valence-electron chi connectivity index (χ4n) is 2.48. The van der Waals surface area contributed by atoms with E-state index in [0.29, 0.717) is 15.3 Å². The Labute approximate surface area is 134 Å². The van der Waals surface area contributed by atoms with Crippen LogP contribution in [0, 0.1) is 0 Å². The molecule has 1 N–H and O–H groups in total. The topological polar surface area (TPSA) is 63.2 Å². The van der Waals surface area contributed by atoms with Crippen LogP contribution in [0.3, 0.4) is 0 Å².